The van der Waals surface area contributed by atoms with Crippen molar-refractivity contribution in [2.75, 3.05) is 11.9 Å². The van der Waals surface area contributed by atoms with Crippen LogP contribution in [0, 0.1) is 5.82 Å². The topological polar surface area (TPSA) is 81.7 Å². The molecule has 1 aromatic heterocycles. The van der Waals surface area contributed by atoms with Crippen LogP contribution in [0.4, 0.5) is 9.39 Å². The van der Waals surface area contributed by atoms with Crippen LogP contribution in [0.3, 0.4) is 0 Å². The van der Waals surface area contributed by atoms with Gasteiger partial charge in [-0.2, -0.15) is 0 Å². The van der Waals surface area contributed by atoms with E-state index < -0.39 is 30.3 Å². The Morgan fingerprint density at radius 2 is 1.93 bits per heavy atom. The number of carbonyl (C=O) groups excluding carboxylic acids is 3. The number of benzene rings is 1. The van der Waals surface area contributed by atoms with Crippen LogP contribution in [0.15, 0.2) is 24.3 Å². The molecule has 1 aliphatic carbocycles. The predicted molar refractivity (Wildman–Crippen MR) is 107 cm³/mol. The number of rotatable bonds is 6. The first-order valence-corrected chi connectivity index (χ1v) is 10.2. The Labute approximate surface area is 172 Å². The zero-order valence-electron chi connectivity index (χ0n) is 16.2. The molecule has 0 atom stereocenters. The molecule has 0 bridgehead atoms. The van der Waals surface area contributed by atoms with Gasteiger partial charge in [-0.1, -0.05) is 6.07 Å². The SMILES string of the molecule is CC(C)OC(=O)c1c(NC(=O)COC(=O)c2cccc(F)c2)sc2c1CCCC2. The number of hydrogen-bond donors (Lipinski definition) is 1. The highest BCUT2D eigenvalue weighted by atomic mass is 32.1. The fourth-order valence-electron chi connectivity index (χ4n) is 3.14. The molecule has 1 aliphatic rings. The van der Waals surface area contributed by atoms with E-state index in [1.165, 1.54) is 29.5 Å². The van der Waals surface area contributed by atoms with Crippen LogP contribution in [-0.2, 0) is 27.1 Å². The molecule has 0 saturated heterocycles. The summed E-state index contributed by atoms with van der Waals surface area (Å²) < 4.78 is 23.5. The molecule has 0 fully saturated rings. The lowest BCUT2D eigenvalue weighted by molar-refractivity contribution is -0.119. The molecule has 8 heteroatoms. The number of fused-ring (bicyclic) bond motifs is 1. The van der Waals surface area contributed by atoms with Crippen LogP contribution >= 0.6 is 11.3 Å². The number of thiophene rings is 1. The van der Waals surface area contributed by atoms with Crippen LogP contribution in [0.1, 0.15) is 57.8 Å². The number of anilines is 1. The fraction of sp³-hybridized carbons (Fsp3) is 0.381. The van der Waals surface area contributed by atoms with Crippen molar-refractivity contribution in [2.24, 2.45) is 0 Å². The zero-order chi connectivity index (χ0) is 21.0. The molecule has 0 spiro atoms. The monoisotopic (exact) mass is 419 g/mol. The van der Waals surface area contributed by atoms with Crippen LogP contribution in [0.25, 0.3) is 0 Å². The average molecular weight is 419 g/mol. The van der Waals surface area contributed by atoms with Crippen molar-refractivity contribution in [1.29, 1.82) is 0 Å². The predicted octanol–water partition coefficient (Wildman–Crippen LogP) is 4.13. The third-order valence-corrected chi connectivity index (χ3v) is 5.57. The maximum absolute atomic E-state index is 13.2. The lowest BCUT2D eigenvalue weighted by Gasteiger charge is -2.14. The van der Waals surface area contributed by atoms with E-state index in [1.54, 1.807) is 13.8 Å². The molecule has 0 aliphatic heterocycles. The molecule has 3 rings (SSSR count). The van der Waals surface area contributed by atoms with Gasteiger partial charge in [-0.25, -0.2) is 14.0 Å². The fourth-order valence-corrected chi connectivity index (χ4v) is 4.43. The number of amides is 1. The first kappa shape index (κ1) is 21.0. The average Bonchev–Trinajstić information content (AvgIpc) is 3.03. The standard InChI is InChI=1S/C21H22FNO5S/c1-12(2)28-21(26)18-15-8-3-4-9-16(15)29-19(18)23-17(24)11-27-20(25)13-6-5-7-14(22)10-13/h5-7,10,12H,3-4,8-9,11H2,1-2H3,(H,23,24). The number of ether oxygens (including phenoxy) is 2. The third kappa shape index (κ3) is 5.20. The van der Waals surface area contributed by atoms with Crippen molar-refractivity contribution < 1.29 is 28.2 Å². The van der Waals surface area contributed by atoms with Gasteiger partial charge in [0.25, 0.3) is 5.91 Å². The third-order valence-electron chi connectivity index (χ3n) is 4.37. The Morgan fingerprint density at radius 1 is 1.17 bits per heavy atom. The van der Waals surface area contributed by atoms with Gasteiger partial charge in [0, 0.05) is 4.88 Å². The van der Waals surface area contributed by atoms with Gasteiger partial charge in [-0.05, 0) is 63.3 Å². The van der Waals surface area contributed by atoms with E-state index in [2.05, 4.69) is 5.32 Å². The quantitative estimate of drug-likeness (QED) is 0.712. The summed E-state index contributed by atoms with van der Waals surface area (Å²) in [4.78, 5) is 37.9. The molecule has 2 aromatic rings. The molecule has 29 heavy (non-hydrogen) atoms. The highest BCUT2D eigenvalue weighted by Gasteiger charge is 2.28. The van der Waals surface area contributed by atoms with Crippen molar-refractivity contribution in [3.05, 3.63) is 51.7 Å². The Morgan fingerprint density at radius 3 is 2.66 bits per heavy atom. The van der Waals surface area contributed by atoms with Crippen LogP contribution in [0.5, 0.6) is 0 Å². The van der Waals surface area contributed by atoms with Gasteiger partial charge in [0.2, 0.25) is 0 Å². The van der Waals surface area contributed by atoms with Crippen molar-refractivity contribution >= 4 is 34.2 Å². The Hall–Kier alpha value is -2.74. The molecule has 1 heterocycles. The molecule has 1 amide bonds. The minimum absolute atomic E-state index is 0.0191. The second-order valence-electron chi connectivity index (χ2n) is 7.00. The molecular weight excluding hydrogens is 397 g/mol. The first-order valence-electron chi connectivity index (χ1n) is 9.43. The first-order chi connectivity index (χ1) is 13.8. The molecular formula is C21H22FNO5S. The van der Waals surface area contributed by atoms with Gasteiger partial charge in [0.05, 0.1) is 17.2 Å². The molecule has 6 nitrogen and oxygen atoms in total. The van der Waals surface area contributed by atoms with E-state index in [0.29, 0.717) is 10.6 Å². The summed E-state index contributed by atoms with van der Waals surface area (Å²) in [6, 6.07) is 5.03. The van der Waals surface area contributed by atoms with Gasteiger partial charge in [-0.15, -0.1) is 11.3 Å². The van der Waals surface area contributed by atoms with E-state index in [0.717, 1.165) is 42.2 Å². The van der Waals surface area contributed by atoms with Crippen LogP contribution in [-0.4, -0.2) is 30.6 Å². The Kier molecular flexibility index (Phi) is 6.64. The maximum Gasteiger partial charge on any atom is 0.341 e. The number of esters is 2. The van der Waals surface area contributed by atoms with Gasteiger partial charge in [0.1, 0.15) is 10.8 Å². The van der Waals surface area contributed by atoms with E-state index >= 15 is 0 Å². The van der Waals surface area contributed by atoms with Gasteiger partial charge in [0.15, 0.2) is 6.61 Å². The summed E-state index contributed by atoms with van der Waals surface area (Å²) in [7, 11) is 0. The summed E-state index contributed by atoms with van der Waals surface area (Å²) in [6.45, 7) is 2.98. The molecule has 0 radical (unpaired) electrons. The summed E-state index contributed by atoms with van der Waals surface area (Å²) in [6.07, 6.45) is 3.35. The van der Waals surface area contributed by atoms with Crippen LogP contribution < -0.4 is 5.32 Å². The number of aryl methyl sites for hydroxylation is 1. The normalized spacial score (nSPS) is 13.0. The number of nitrogens with one attached hydrogen (secondary N) is 1. The molecule has 154 valence electrons. The van der Waals surface area contributed by atoms with Crippen LogP contribution in [0.2, 0.25) is 0 Å². The molecule has 0 saturated carbocycles. The summed E-state index contributed by atoms with van der Waals surface area (Å²) in [5.41, 5.74) is 1.34. The summed E-state index contributed by atoms with van der Waals surface area (Å²) >= 11 is 1.36. The van der Waals surface area contributed by atoms with Crippen molar-refractivity contribution in [2.45, 2.75) is 45.6 Å². The minimum Gasteiger partial charge on any atom is -0.459 e. The maximum atomic E-state index is 13.2. The van der Waals surface area contributed by atoms with Crippen molar-refractivity contribution in [3.63, 3.8) is 0 Å². The molecule has 1 N–H and O–H groups in total. The largest absolute Gasteiger partial charge is 0.459 e. The summed E-state index contributed by atoms with van der Waals surface area (Å²) in [5.74, 6) is -2.41. The van der Waals surface area contributed by atoms with Gasteiger partial charge in [-0.3, -0.25) is 4.79 Å². The number of halogens is 1. The lowest BCUT2D eigenvalue weighted by atomic mass is 9.95. The lowest BCUT2D eigenvalue weighted by Crippen LogP contribution is -2.22. The second kappa shape index (κ2) is 9.17. The van der Waals surface area contributed by atoms with Gasteiger partial charge < -0.3 is 14.8 Å². The molecule has 0 unspecified atom stereocenters. The zero-order valence-corrected chi connectivity index (χ0v) is 17.1. The minimum atomic E-state index is -0.801. The van der Waals surface area contributed by atoms with E-state index in [9.17, 15) is 18.8 Å². The van der Waals surface area contributed by atoms with E-state index in [4.69, 9.17) is 9.47 Å². The number of hydrogen-bond acceptors (Lipinski definition) is 6. The van der Waals surface area contributed by atoms with E-state index in [1.807, 2.05) is 0 Å². The van der Waals surface area contributed by atoms with Crippen molar-refractivity contribution in [1.82, 2.24) is 0 Å². The van der Waals surface area contributed by atoms with Crippen molar-refractivity contribution in [3.8, 4) is 0 Å². The highest BCUT2D eigenvalue weighted by molar-refractivity contribution is 7.17. The molecule has 1 aromatic carbocycles. The second-order valence-corrected chi connectivity index (χ2v) is 8.11. The van der Waals surface area contributed by atoms with Gasteiger partial charge >= 0.3 is 11.9 Å². The highest BCUT2D eigenvalue weighted by Crippen LogP contribution is 2.38. The number of carbonyl (C=O) groups is 3. The summed E-state index contributed by atoms with van der Waals surface area (Å²) in [5, 5.41) is 3.08. The van der Waals surface area contributed by atoms with E-state index in [-0.39, 0.29) is 11.7 Å². The Bertz CT molecular complexity index is 937. The Balaban J connectivity index is 1.70. The smallest absolute Gasteiger partial charge is 0.341 e.